The van der Waals surface area contributed by atoms with Crippen molar-refractivity contribution >= 4 is 25.3 Å². The van der Waals surface area contributed by atoms with E-state index in [4.69, 9.17) is 18.8 Å². The highest BCUT2D eigenvalue weighted by atomic mass is 16.7. The highest BCUT2D eigenvalue weighted by molar-refractivity contribution is 6.56. The second kappa shape index (κ2) is 8.92. The van der Waals surface area contributed by atoms with Gasteiger partial charge in [0, 0.05) is 6.54 Å². The van der Waals surface area contributed by atoms with E-state index in [2.05, 4.69) is 5.32 Å². The lowest BCUT2D eigenvalue weighted by Crippen LogP contribution is -2.41. The first-order chi connectivity index (χ1) is 14.1. The van der Waals surface area contributed by atoms with Crippen molar-refractivity contribution in [1.29, 1.82) is 0 Å². The molecule has 1 amide bonds. The molecule has 2 N–H and O–H groups in total. The minimum atomic E-state index is -1.08. The molecule has 0 bridgehead atoms. The molecule has 9 heteroatoms. The number of methoxy groups -OCH3 is 1. The van der Waals surface area contributed by atoms with Gasteiger partial charge in [0.15, 0.2) is 0 Å². The molecule has 31 heavy (non-hydrogen) atoms. The normalized spacial score (nSPS) is 17.9. The van der Waals surface area contributed by atoms with Crippen LogP contribution in [-0.2, 0) is 14.0 Å². The third-order valence-electron chi connectivity index (χ3n) is 5.20. The van der Waals surface area contributed by atoms with Gasteiger partial charge in [-0.25, -0.2) is 9.59 Å². The van der Waals surface area contributed by atoms with E-state index >= 15 is 0 Å². The van der Waals surface area contributed by atoms with E-state index in [0.29, 0.717) is 11.0 Å². The van der Waals surface area contributed by atoms with Crippen molar-refractivity contribution in [1.82, 2.24) is 5.32 Å². The van der Waals surface area contributed by atoms with Crippen LogP contribution in [0.4, 0.5) is 4.79 Å². The van der Waals surface area contributed by atoms with Gasteiger partial charge < -0.3 is 29.2 Å². The fraction of sp³-hybridized carbons (Fsp3) is 0.545. The number of carboxylic acid groups (broad SMARTS) is 1. The maximum Gasteiger partial charge on any atom is 0.492 e. The van der Waals surface area contributed by atoms with Crippen LogP contribution < -0.4 is 10.1 Å². The van der Waals surface area contributed by atoms with Gasteiger partial charge in [0.25, 0.3) is 0 Å². The van der Waals surface area contributed by atoms with E-state index in [9.17, 15) is 14.7 Å². The minimum absolute atomic E-state index is 0.0590. The molecular formula is C22H32BNO7. The Balaban J connectivity index is 2.36. The average Bonchev–Trinajstić information content (AvgIpc) is 2.84. The number of rotatable bonds is 6. The molecule has 1 fully saturated rings. The molecule has 0 unspecified atom stereocenters. The smallest absolute Gasteiger partial charge is 0.492 e. The van der Waals surface area contributed by atoms with E-state index in [-0.39, 0.29) is 17.9 Å². The van der Waals surface area contributed by atoms with Gasteiger partial charge in [-0.05, 0) is 71.6 Å². The van der Waals surface area contributed by atoms with Crippen LogP contribution in [0.3, 0.4) is 0 Å². The van der Waals surface area contributed by atoms with Crippen LogP contribution in [0, 0.1) is 0 Å². The van der Waals surface area contributed by atoms with E-state index in [1.807, 2.05) is 27.7 Å². The summed E-state index contributed by atoms with van der Waals surface area (Å²) in [6.45, 7) is 13.2. The van der Waals surface area contributed by atoms with Gasteiger partial charge in [-0.15, -0.1) is 0 Å². The third kappa shape index (κ3) is 6.24. The van der Waals surface area contributed by atoms with Crippen molar-refractivity contribution in [2.75, 3.05) is 13.7 Å². The van der Waals surface area contributed by atoms with Crippen molar-refractivity contribution in [3.63, 3.8) is 0 Å². The Labute approximate surface area is 184 Å². The molecule has 8 nitrogen and oxygen atoms in total. The highest BCUT2D eigenvalue weighted by Crippen LogP contribution is 2.39. The van der Waals surface area contributed by atoms with Crippen molar-refractivity contribution in [3.8, 4) is 5.75 Å². The molecule has 0 spiro atoms. The van der Waals surface area contributed by atoms with Crippen LogP contribution in [0.2, 0.25) is 0 Å². The predicted octanol–water partition coefficient (Wildman–Crippen LogP) is 3.93. The molecule has 1 heterocycles. The molecule has 0 radical (unpaired) electrons. The Hall–Kier alpha value is -2.52. The first-order valence-electron chi connectivity index (χ1n) is 10.1. The largest absolute Gasteiger partial charge is 0.496 e. The van der Waals surface area contributed by atoms with E-state index in [1.165, 1.54) is 13.2 Å². The third-order valence-corrected chi connectivity index (χ3v) is 5.20. The second-order valence-electron chi connectivity index (χ2n) is 9.43. The molecule has 1 aromatic rings. The fourth-order valence-corrected chi connectivity index (χ4v) is 2.87. The molecular weight excluding hydrogens is 401 g/mol. The summed E-state index contributed by atoms with van der Waals surface area (Å²) >= 11 is 0. The summed E-state index contributed by atoms with van der Waals surface area (Å²) in [7, 11) is 0.708. The number of ether oxygens (including phenoxy) is 2. The number of benzene rings is 1. The Bertz CT molecular complexity index is 855. The summed E-state index contributed by atoms with van der Waals surface area (Å²) < 4.78 is 22.8. The minimum Gasteiger partial charge on any atom is -0.496 e. The summed E-state index contributed by atoms with van der Waals surface area (Å²) in [5.74, 6) is -0.847. The van der Waals surface area contributed by atoms with E-state index in [1.54, 1.807) is 39.0 Å². The number of carboxylic acids is 1. The van der Waals surface area contributed by atoms with Crippen molar-refractivity contribution in [3.05, 3.63) is 34.8 Å². The van der Waals surface area contributed by atoms with Crippen molar-refractivity contribution < 1.29 is 33.5 Å². The molecule has 2 rings (SSSR count). The molecule has 1 aliphatic heterocycles. The lowest BCUT2D eigenvalue weighted by Gasteiger charge is -2.32. The summed E-state index contributed by atoms with van der Waals surface area (Å²) in [6.07, 6.45) is 1.22. The van der Waals surface area contributed by atoms with Crippen LogP contribution in [0.25, 0.3) is 6.08 Å². The highest BCUT2D eigenvalue weighted by Gasteiger charge is 2.52. The summed E-state index contributed by atoms with van der Waals surface area (Å²) in [4.78, 5) is 23.5. The Kier molecular flexibility index (Phi) is 7.12. The topological polar surface area (TPSA) is 103 Å². The molecule has 0 aliphatic carbocycles. The zero-order chi connectivity index (χ0) is 23.6. The quantitative estimate of drug-likeness (QED) is 0.655. The molecule has 1 aromatic carbocycles. The van der Waals surface area contributed by atoms with Gasteiger partial charge in [-0.1, -0.05) is 12.1 Å². The molecule has 1 aliphatic rings. The van der Waals surface area contributed by atoms with E-state index in [0.717, 1.165) is 0 Å². The molecule has 0 atom stereocenters. The Morgan fingerprint density at radius 1 is 1.16 bits per heavy atom. The maximum atomic E-state index is 12.2. The van der Waals surface area contributed by atoms with Crippen LogP contribution >= 0.6 is 0 Å². The maximum absolute atomic E-state index is 12.2. The standard InChI is InChI=1S/C22H32BNO7/c1-20(2,3)29-19(27)24-13-15(23-30-21(4,5)22(6,7)31-23)11-14-9-10-16(18(25)26)17(12-14)28-8/h9-12H,13H2,1-8H3,(H,24,27)(H,25,26). The monoisotopic (exact) mass is 433 g/mol. The van der Waals surface area contributed by atoms with Crippen LogP contribution in [0.5, 0.6) is 5.75 Å². The number of aromatic carboxylic acids is 1. The first kappa shape index (κ1) is 24.8. The lowest BCUT2D eigenvalue weighted by molar-refractivity contribution is 0.00578. The van der Waals surface area contributed by atoms with Gasteiger partial charge in [-0.3, -0.25) is 0 Å². The molecule has 1 saturated heterocycles. The zero-order valence-electron chi connectivity index (χ0n) is 19.5. The predicted molar refractivity (Wildman–Crippen MR) is 118 cm³/mol. The van der Waals surface area contributed by atoms with Gasteiger partial charge in [-0.2, -0.15) is 0 Å². The van der Waals surface area contributed by atoms with E-state index < -0.39 is 36.0 Å². The first-order valence-corrected chi connectivity index (χ1v) is 10.1. The second-order valence-corrected chi connectivity index (χ2v) is 9.43. The number of amides is 1. The molecule has 170 valence electrons. The van der Waals surface area contributed by atoms with Gasteiger partial charge in [0.05, 0.1) is 18.3 Å². The van der Waals surface area contributed by atoms with Crippen LogP contribution in [-0.4, -0.2) is 54.7 Å². The molecule has 0 aromatic heterocycles. The Morgan fingerprint density at radius 2 is 1.74 bits per heavy atom. The average molecular weight is 433 g/mol. The number of nitrogens with one attached hydrogen (secondary N) is 1. The number of hydrogen-bond acceptors (Lipinski definition) is 6. The number of carbonyl (C=O) groups excluding carboxylic acids is 1. The van der Waals surface area contributed by atoms with Crippen molar-refractivity contribution in [2.45, 2.75) is 65.3 Å². The zero-order valence-corrected chi connectivity index (χ0v) is 19.5. The Morgan fingerprint density at radius 3 is 2.23 bits per heavy atom. The van der Waals surface area contributed by atoms with Crippen LogP contribution in [0.1, 0.15) is 64.4 Å². The summed E-state index contributed by atoms with van der Waals surface area (Å²) in [5, 5.41) is 12.0. The summed E-state index contributed by atoms with van der Waals surface area (Å²) in [6, 6.07) is 4.74. The lowest BCUT2D eigenvalue weighted by atomic mass is 9.77. The number of carbonyl (C=O) groups is 2. The summed E-state index contributed by atoms with van der Waals surface area (Å²) in [5.41, 5.74) is -0.366. The van der Waals surface area contributed by atoms with Gasteiger partial charge >= 0.3 is 19.2 Å². The molecule has 0 saturated carbocycles. The fourth-order valence-electron chi connectivity index (χ4n) is 2.87. The van der Waals surface area contributed by atoms with Gasteiger partial charge in [0.1, 0.15) is 16.9 Å². The number of hydrogen-bond donors (Lipinski definition) is 2. The van der Waals surface area contributed by atoms with Gasteiger partial charge in [0.2, 0.25) is 0 Å². The van der Waals surface area contributed by atoms with Crippen LogP contribution in [0.15, 0.2) is 23.7 Å². The van der Waals surface area contributed by atoms with Crippen molar-refractivity contribution in [2.24, 2.45) is 0 Å². The SMILES string of the molecule is COc1cc(C=C(CNC(=O)OC(C)(C)C)B2OC(C)(C)C(C)(C)O2)ccc1C(=O)O. The number of alkyl carbamates (subject to hydrolysis) is 1.